The summed E-state index contributed by atoms with van der Waals surface area (Å²) in [6, 6.07) is 0. The number of hydrogen-bond acceptors (Lipinski definition) is 5. The van der Waals surface area contributed by atoms with Crippen LogP contribution in [0, 0.1) is 11.8 Å². The molecule has 0 amide bonds. The Hall–Kier alpha value is -2.38. The zero-order chi connectivity index (χ0) is 17.4. The van der Waals surface area contributed by atoms with Crippen molar-refractivity contribution in [3.05, 3.63) is 26.7 Å². The van der Waals surface area contributed by atoms with Gasteiger partial charge in [-0.15, -0.1) is 0 Å². The molecule has 1 aliphatic rings. The molecule has 0 unspecified atom stereocenters. The van der Waals surface area contributed by atoms with Crippen molar-refractivity contribution in [2.75, 3.05) is 0 Å². The first-order valence-corrected chi connectivity index (χ1v) is 8.29. The van der Waals surface area contributed by atoms with Gasteiger partial charge >= 0.3 is 11.7 Å². The summed E-state index contributed by atoms with van der Waals surface area (Å²) >= 11 is 0. The summed E-state index contributed by atoms with van der Waals surface area (Å²) < 4.78 is 8.35. The fourth-order valence-corrected chi connectivity index (χ4v) is 2.84. The van der Waals surface area contributed by atoms with E-state index in [1.54, 1.807) is 11.6 Å². The second-order valence-corrected chi connectivity index (χ2v) is 6.45. The van der Waals surface area contributed by atoms with Crippen molar-refractivity contribution < 1.29 is 9.53 Å². The second kappa shape index (κ2) is 6.26. The molecule has 3 rings (SSSR count). The molecular formula is C16H22N4O4. The van der Waals surface area contributed by atoms with Crippen molar-refractivity contribution in [3.63, 3.8) is 0 Å². The summed E-state index contributed by atoms with van der Waals surface area (Å²) in [5.74, 6) is 0.575. The van der Waals surface area contributed by atoms with E-state index < -0.39 is 11.2 Å². The number of imidazole rings is 1. The number of carbonyl (C=O) groups is 1. The normalized spacial score (nSPS) is 19.6. The fourth-order valence-electron chi connectivity index (χ4n) is 2.84. The molecule has 0 radical (unpaired) electrons. The van der Waals surface area contributed by atoms with Crippen molar-refractivity contribution in [2.24, 2.45) is 18.9 Å². The number of rotatable bonds is 6. The van der Waals surface area contributed by atoms with Crippen molar-refractivity contribution in [3.8, 4) is 0 Å². The van der Waals surface area contributed by atoms with Crippen molar-refractivity contribution >= 4 is 17.1 Å². The maximum atomic E-state index is 12.1. The van der Waals surface area contributed by atoms with Gasteiger partial charge in [-0.1, -0.05) is 20.3 Å². The lowest BCUT2D eigenvalue weighted by atomic mass is 10.3. The molecule has 0 spiro atoms. The summed E-state index contributed by atoms with van der Waals surface area (Å²) in [4.78, 5) is 42.8. The highest BCUT2D eigenvalue weighted by Crippen LogP contribution is 2.38. The molecule has 2 heterocycles. The summed E-state index contributed by atoms with van der Waals surface area (Å²) in [6.07, 6.45) is 2.59. The monoisotopic (exact) mass is 334 g/mol. The van der Waals surface area contributed by atoms with Crippen LogP contribution in [-0.4, -0.2) is 25.1 Å². The average Bonchev–Trinajstić information content (AvgIpc) is 3.17. The lowest BCUT2D eigenvalue weighted by Gasteiger charge is -2.04. The highest BCUT2D eigenvalue weighted by Gasteiger charge is 2.40. The maximum absolute atomic E-state index is 12.1. The molecule has 8 heteroatoms. The van der Waals surface area contributed by atoms with Crippen LogP contribution < -0.4 is 11.2 Å². The molecule has 2 aromatic rings. The number of hydrogen-bond donors (Lipinski definition) is 1. The summed E-state index contributed by atoms with van der Waals surface area (Å²) in [5.41, 5.74) is -0.289. The molecule has 0 aliphatic heterocycles. The van der Waals surface area contributed by atoms with E-state index in [0.29, 0.717) is 29.5 Å². The van der Waals surface area contributed by atoms with Gasteiger partial charge in [0.2, 0.25) is 0 Å². The van der Waals surface area contributed by atoms with Gasteiger partial charge in [0.25, 0.3) is 5.56 Å². The third-order valence-electron chi connectivity index (χ3n) is 4.60. The fraction of sp³-hybridized carbons (Fsp3) is 0.625. The number of esters is 1. The van der Waals surface area contributed by atoms with E-state index in [1.807, 2.05) is 13.8 Å². The van der Waals surface area contributed by atoms with E-state index in [1.165, 1.54) is 4.57 Å². The van der Waals surface area contributed by atoms with Gasteiger partial charge in [-0.3, -0.25) is 19.1 Å². The smallest absolute Gasteiger partial charge is 0.330 e. The van der Waals surface area contributed by atoms with Gasteiger partial charge in [0.1, 0.15) is 12.4 Å². The van der Waals surface area contributed by atoms with Gasteiger partial charge in [-0.25, -0.2) is 9.78 Å². The highest BCUT2D eigenvalue weighted by atomic mass is 16.5. The number of carbonyl (C=O) groups excluding carboxylic acids is 1. The number of nitrogens with one attached hydrogen (secondary N) is 1. The van der Waals surface area contributed by atoms with Crippen molar-refractivity contribution in [1.29, 1.82) is 0 Å². The Balaban J connectivity index is 1.93. The van der Waals surface area contributed by atoms with Gasteiger partial charge in [-0.2, -0.15) is 0 Å². The van der Waals surface area contributed by atoms with E-state index >= 15 is 0 Å². The van der Waals surface area contributed by atoms with Crippen LogP contribution in [0.3, 0.4) is 0 Å². The quantitative estimate of drug-likeness (QED) is 0.792. The van der Waals surface area contributed by atoms with Gasteiger partial charge < -0.3 is 9.30 Å². The van der Waals surface area contributed by atoms with E-state index in [0.717, 1.165) is 19.3 Å². The molecule has 2 aromatic heterocycles. The number of ether oxygens (including phenoxy) is 1. The highest BCUT2D eigenvalue weighted by molar-refractivity contribution is 5.75. The van der Waals surface area contributed by atoms with E-state index in [-0.39, 0.29) is 18.5 Å². The summed E-state index contributed by atoms with van der Waals surface area (Å²) in [6.45, 7) is 4.51. The Bertz CT molecular complexity index is 892. The SMILES string of the molecule is CCCCn1c(=O)[nH]c(=O)c2c1nc(COC(=O)[C@@H]1C[C@@H]1C)n2C. The van der Waals surface area contributed by atoms with Crippen LogP contribution in [0.15, 0.2) is 9.59 Å². The van der Waals surface area contributed by atoms with Crippen LogP contribution in [0.25, 0.3) is 11.2 Å². The molecular weight excluding hydrogens is 312 g/mol. The molecule has 1 aliphatic carbocycles. The van der Waals surface area contributed by atoms with Crippen LogP contribution in [0.1, 0.15) is 38.9 Å². The van der Waals surface area contributed by atoms with Gasteiger partial charge in [0, 0.05) is 13.6 Å². The van der Waals surface area contributed by atoms with Gasteiger partial charge in [0.05, 0.1) is 5.92 Å². The molecule has 130 valence electrons. The van der Waals surface area contributed by atoms with Crippen molar-refractivity contribution in [2.45, 2.75) is 46.3 Å². The number of aryl methyl sites for hydroxylation is 2. The van der Waals surface area contributed by atoms with Gasteiger partial charge in [-0.05, 0) is 18.8 Å². The second-order valence-electron chi connectivity index (χ2n) is 6.45. The molecule has 0 aromatic carbocycles. The molecule has 8 nitrogen and oxygen atoms in total. The molecule has 0 bridgehead atoms. The minimum Gasteiger partial charge on any atom is -0.457 e. The predicted octanol–water partition coefficient (Wildman–Crippen LogP) is 0.923. The van der Waals surface area contributed by atoms with E-state index in [2.05, 4.69) is 9.97 Å². The standard InChI is InChI=1S/C16H22N4O4/c1-4-5-6-20-13-12(14(21)18-16(20)23)19(3)11(17-13)8-24-15(22)10-7-9(10)2/h9-10H,4-8H2,1-3H3,(H,18,21,23)/t9-,10+/m0/s1. The Kier molecular flexibility index (Phi) is 4.29. The first-order chi connectivity index (χ1) is 11.4. The Morgan fingerprint density at radius 3 is 2.75 bits per heavy atom. The Morgan fingerprint density at radius 2 is 2.12 bits per heavy atom. The molecule has 24 heavy (non-hydrogen) atoms. The van der Waals surface area contributed by atoms with Crippen LogP contribution in [0.4, 0.5) is 0 Å². The van der Waals surface area contributed by atoms with Crippen LogP contribution >= 0.6 is 0 Å². The summed E-state index contributed by atoms with van der Waals surface area (Å²) in [5, 5.41) is 0. The number of aromatic nitrogens is 4. The molecule has 2 atom stereocenters. The number of fused-ring (bicyclic) bond motifs is 1. The first-order valence-electron chi connectivity index (χ1n) is 8.29. The number of aromatic amines is 1. The van der Waals surface area contributed by atoms with Crippen molar-refractivity contribution in [1.82, 2.24) is 19.1 Å². The summed E-state index contributed by atoms with van der Waals surface area (Å²) in [7, 11) is 1.68. The zero-order valence-electron chi connectivity index (χ0n) is 14.2. The van der Waals surface area contributed by atoms with E-state index in [4.69, 9.17) is 4.74 Å². The first kappa shape index (κ1) is 16.5. The molecule has 1 N–H and O–H groups in total. The Morgan fingerprint density at radius 1 is 1.42 bits per heavy atom. The molecule has 0 saturated heterocycles. The average molecular weight is 334 g/mol. The largest absolute Gasteiger partial charge is 0.457 e. The molecule has 1 fully saturated rings. The maximum Gasteiger partial charge on any atom is 0.330 e. The lowest BCUT2D eigenvalue weighted by Crippen LogP contribution is -2.31. The van der Waals surface area contributed by atoms with Crippen LogP contribution in [0.5, 0.6) is 0 Å². The minimum absolute atomic E-state index is 0.00532. The molecule has 1 saturated carbocycles. The number of nitrogens with zero attached hydrogens (tertiary/aromatic N) is 3. The zero-order valence-corrected chi connectivity index (χ0v) is 14.2. The predicted molar refractivity (Wildman–Crippen MR) is 87.6 cm³/mol. The third kappa shape index (κ3) is 2.88. The minimum atomic E-state index is -0.480. The van der Waals surface area contributed by atoms with Gasteiger partial charge in [0.15, 0.2) is 11.2 Å². The van der Waals surface area contributed by atoms with E-state index in [9.17, 15) is 14.4 Å². The lowest BCUT2D eigenvalue weighted by molar-refractivity contribution is -0.147. The third-order valence-corrected chi connectivity index (χ3v) is 4.60. The van der Waals surface area contributed by atoms with Crippen LogP contribution in [-0.2, 0) is 29.7 Å². The Labute approximate surface area is 138 Å². The topological polar surface area (TPSA) is 99.0 Å². The number of H-pyrrole nitrogens is 1. The number of unbranched alkanes of at least 4 members (excludes halogenated alkanes) is 1. The van der Waals surface area contributed by atoms with Crippen LogP contribution in [0.2, 0.25) is 0 Å².